The van der Waals surface area contributed by atoms with Gasteiger partial charge in [0, 0.05) is 13.0 Å². The van der Waals surface area contributed by atoms with Gasteiger partial charge < -0.3 is 25.7 Å². The molecule has 0 saturated carbocycles. The van der Waals surface area contributed by atoms with Gasteiger partial charge in [0.15, 0.2) is 0 Å². The van der Waals surface area contributed by atoms with Crippen LogP contribution in [0.15, 0.2) is 0 Å². The minimum atomic E-state index is -1.28. The summed E-state index contributed by atoms with van der Waals surface area (Å²) in [5.41, 5.74) is 0. The zero-order valence-corrected chi connectivity index (χ0v) is 13.4. The highest BCUT2D eigenvalue weighted by Gasteiger charge is 2.38. The van der Waals surface area contributed by atoms with Gasteiger partial charge in [-0.05, 0) is 38.6 Å². The first-order valence-corrected chi connectivity index (χ1v) is 8.19. The van der Waals surface area contributed by atoms with Crippen molar-refractivity contribution >= 4 is 23.8 Å². The van der Waals surface area contributed by atoms with Crippen molar-refractivity contribution < 1.29 is 29.4 Å². The highest BCUT2D eigenvalue weighted by atomic mass is 16.4. The molecule has 134 valence electrons. The van der Waals surface area contributed by atoms with E-state index in [9.17, 15) is 19.2 Å². The molecular weight excluding hydrogens is 318 g/mol. The SMILES string of the molecule is O=C(O)CCC(NC(=O)C1CCCN1C(=O)C1CCCN1)C(=O)O. The third-order valence-electron chi connectivity index (χ3n) is 4.46. The van der Waals surface area contributed by atoms with Crippen molar-refractivity contribution in [2.24, 2.45) is 0 Å². The fourth-order valence-corrected chi connectivity index (χ4v) is 3.19. The minimum absolute atomic E-state index is 0.123. The number of carbonyl (C=O) groups is 4. The van der Waals surface area contributed by atoms with Gasteiger partial charge >= 0.3 is 11.9 Å². The number of nitrogens with zero attached hydrogens (tertiary/aromatic N) is 1. The maximum Gasteiger partial charge on any atom is 0.326 e. The molecular formula is C15H23N3O6. The number of rotatable bonds is 7. The van der Waals surface area contributed by atoms with E-state index in [1.165, 1.54) is 4.90 Å². The predicted molar refractivity (Wildman–Crippen MR) is 82.2 cm³/mol. The molecule has 2 amide bonds. The van der Waals surface area contributed by atoms with Crippen molar-refractivity contribution in [1.82, 2.24) is 15.5 Å². The van der Waals surface area contributed by atoms with Gasteiger partial charge in [-0.2, -0.15) is 0 Å². The van der Waals surface area contributed by atoms with Gasteiger partial charge in [0.2, 0.25) is 11.8 Å². The first-order valence-electron chi connectivity index (χ1n) is 8.19. The normalized spacial score (nSPS) is 24.6. The summed E-state index contributed by atoms with van der Waals surface area (Å²) < 4.78 is 0. The number of nitrogens with one attached hydrogen (secondary N) is 2. The van der Waals surface area contributed by atoms with Gasteiger partial charge in [-0.1, -0.05) is 0 Å². The minimum Gasteiger partial charge on any atom is -0.481 e. The van der Waals surface area contributed by atoms with Crippen LogP contribution in [0.5, 0.6) is 0 Å². The van der Waals surface area contributed by atoms with E-state index >= 15 is 0 Å². The molecule has 2 aliphatic heterocycles. The first kappa shape index (κ1) is 18.2. The third-order valence-corrected chi connectivity index (χ3v) is 4.46. The Morgan fingerprint density at radius 3 is 2.50 bits per heavy atom. The van der Waals surface area contributed by atoms with Crippen LogP contribution in [-0.2, 0) is 19.2 Å². The molecule has 2 fully saturated rings. The van der Waals surface area contributed by atoms with Gasteiger partial charge in [0.05, 0.1) is 6.04 Å². The van der Waals surface area contributed by atoms with E-state index < -0.39 is 29.9 Å². The number of carboxylic acid groups (broad SMARTS) is 2. The van der Waals surface area contributed by atoms with E-state index in [1.54, 1.807) is 0 Å². The zero-order valence-electron chi connectivity index (χ0n) is 13.4. The smallest absolute Gasteiger partial charge is 0.326 e. The number of carboxylic acids is 2. The fraction of sp³-hybridized carbons (Fsp3) is 0.733. The van der Waals surface area contributed by atoms with Crippen LogP contribution in [0.2, 0.25) is 0 Å². The molecule has 0 aromatic carbocycles. The Labute approximate surface area is 139 Å². The Kier molecular flexibility index (Phi) is 6.13. The van der Waals surface area contributed by atoms with Crippen molar-refractivity contribution in [3.63, 3.8) is 0 Å². The molecule has 9 heteroatoms. The summed E-state index contributed by atoms with van der Waals surface area (Å²) in [5.74, 6) is -3.06. The van der Waals surface area contributed by atoms with Gasteiger partial charge in [-0.15, -0.1) is 0 Å². The summed E-state index contributed by atoms with van der Waals surface area (Å²) in [4.78, 5) is 48.2. The summed E-state index contributed by atoms with van der Waals surface area (Å²) in [7, 11) is 0. The summed E-state index contributed by atoms with van der Waals surface area (Å²) in [6.07, 6.45) is 2.27. The summed E-state index contributed by atoms with van der Waals surface area (Å²) in [6.45, 7) is 1.25. The fourth-order valence-electron chi connectivity index (χ4n) is 3.19. The van der Waals surface area contributed by atoms with Crippen molar-refractivity contribution in [2.75, 3.05) is 13.1 Å². The van der Waals surface area contributed by atoms with Crippen molar-refractivity contribution in [2.45, 2.75) is 56.7 Å². The first-order chi connectivity index (χ1) is 11.4. The number of amides is 2. The second-order valence-corrected chi connectivity index (χ2v) is 6.17. The molecule has 0 radical (unpaired) electrons. The molecule has 3 atom stereocenters. The van der Waals surface area contributed by atoms with Gasteiger partial charge in [0.1, 0.15) is 12.1 Å². The molecule has 2 rings (SSSR count). The van der Waals surface area contributed by atoms with E-state index in [2.05, 4.69) is 10.6 Å². The van der Waals surface area contributed by atoms with Gasteiger partial charge in [0.25, 0.3) is 0 Å². The Hall–Kier alpha value is -2.16. The van der Waals surface area contributed by atoms with E-state index in [4.69, 9.17) is 10.2 Å². The number of aliphatic carboxylic acids is 2. The summed E-state index contributed by atoms with van der Waals surface area (Å²) in [6, 6.07) is -2.23. The van der Waals surface area contributed by atoms with Crippen LogP contribution in [-0.4, -0.2) is 70.1 Å². The lowest BCUT2D eigenvalue weighted by atomic mass is 10.1. The van der Waals surface area contributed by atoms with Crippen molar-refractivity contribution in [3.8, 4) is 0 Å². The Morgan fingerprint density at radius 1 is 1.17 bits per heavy atom. The van der Waals surface area contributed by atoms with Crippen molar-refractivity contribution in [1.29, 1.82) is 0 Å². The summed E-state index contributed by atoms with van der Waals surface area (Å²) >= 11 is 0. The van der Waals surface area contributed by atoms with E-state index in [0.29, 0.717) is 19.4 Å². The molecule has 9 nitrogen and oxygen atoms in total. The molecule has 2 aliphatic rings. The van der Waals surface area contributed by atoms with Gasteiger partial charge in [-0.25, -0.2) is 4.79 Å². The molecule has 0 aromatic rings. The van der Waals surface area contributed by atoms with Crippen LogP contribution in [0, 0.1) is 0 Å². The molecule has 4 N–H and O–H groups in total. The Balaban J connectivity index is 1.97. The maximum atomic E-state index is 12.5. The number of hydrogen-bond donors (Lipinski definition) is 4. The Morgan fingerprint density at radius 2 is 1.92 bits per heavy atom. The molecule has 0 bridgehead atoms. The molecule has 24 heavy (non-hydrogen) atoms. The molecule has 2 heterocycles. The van der Waals surface area contributed by atoms with Crippen LogP contribution >= 0.6 is 0 Å². The lowest BCUT2D eigenvalue weighted by molar-refractivity contribution is -0.145. The number of likely N-dealkylation sites (tertiary alicyclic amines) is 1. The van der Waals surface area contributed by atoms with Crippen LogP contribution < -0.4 is 10.6 Å². The molecule has 3 unspecified atom stereocenters. The Bertz CT molecular complexity index is 517. The van der Waals surface area contributed by atoms with Gasteiger partial charge in [-0.3, -0.25) is 14.4 Å². The lowest BCUT2D eigenvalue weighted by Crippen LogP contribution is -2.53. The lowest BCUT2D eigenvalue weighted by Gasteiger charge is -2.27. The highest BCUT2D eigenvalue weighted by molar-refractivity contribution is 5.92. The summed E-state index contributed by atoms with van der Waals surface area (Å²) in [5, 5.41) is 23.3. The predicted octanol–water partition coefficient (Wildman–Crippen LogP) is -0.836. The molecule has 0 spiro atoms. The zero-order chi connectivity index (χ0) is 17.7. The average molecular weight is 341 g/mol. The van der Waals surface area contributed by atoms with Crippen molar-refractivity contribution in [3.05, 3.63) is 0 Å². The average Bonchev–Trinajstić information content (AvgIpc) is 3.20. The van der Waals surface area contributed by atoms with Crippen LogP contribution in [0.3, 0.4) is 0 Å². The number of hydrogen-bond acceptors (Lipinski definition) is 5. The van der Waals surface area contributed by atoms with E-state index in [0.717, 1.165) is 19.4 Å². The number of carbonyl (C=O) groups excluding carboxylic acids is 2. The standard InChI is InChI=1S/C15H23N3O6/c19-12(20)6-5-10(15(23)24)17-13(21)11-4-2-8-18(11)14(22)9-3-1-7-16-9/h9-11,16H,1-8H2,(H,17,21)(H,19,20)(H,23,24). The second-order valence-electron chi connectivity index (χ2n) is 6.17. The largest absolute Gasteiger partial charge is 0.481 e. The molecule has 0 aliphatic carbocycles. The molecule has 0 aromatic heterocycles. The van der Waals surface area contributed by atoms with E-state index in [1.807, 2.05) is 0 Å². The molecule has 2 saturated heterocycles. The second kappa shape index (κ2) is 8.09. The van der Waals surface area contributed by atoms with Crippen LogP contribution in [0.25, 0.3) is 0 Å². The highest BCUT2D eigenvalue weighted by Crippen LogP contribution is 2.21. The maximum absolute atomic E-state index is 12.5. The van der Waals surface area contributed by atoms with E-state index in [-0.39, 0.29) is 24.8 Å². The third kappa shape index (κ3) is 4.44. The monoisotopic (exact) mass is 341 g/mol. The quantitative estimate of drug-likeness (QED) is 0.474. The van der Waals surface area contributed by atoms with Crippen LogP contribution in [0.1, 0.15) is 38.5 Å². The topological polar surface area (TPSA) is 136 Å². The van der Waals surface area contributed by atoms with Crippen LogP contribution in [0.4, 0.5) is 0 Å².